The predicted octanol–water partition coefficient (Wildman–Crippen LogP) is 8.52. The molecule has 34 heavy (non-hydrogen) atoms. The average Bonchev–Trinajstić information content (AvgIpc) is 2.79. The standard InChI is InChI=1S/C32H40P2/c1-19(2)33(20(3)4)28-18-17-27-29-23-13-9-11-15-25(23)30(26-16-12-10-14-24(26)29)31(27)32(28)34(21(5)6)22(7)8/h9-22,29-30H,1-8H3. The molecule has 0 aliphatic heterocycles. The molecule has 0 N–H and O–H groups in total. The van der Waals surface area contributed by atoms with E-state index < -0.39 is 0 Å². The fourth-order valence-corrected chi connectivity index (χ4v) is 13.7. The maximum absolute atomic E-state index is 2.59. The van der Waals surface area contributed by atoms with Crippen LogP contribution in [0.3, 0.4) is 0 Å². The van der Waals surface area contributed by atoms with Crippen molar-refractivity contribution in [2.75, 3.05) is 0 Å². The molecule has 0 saturated heterocycles. The van der Waals surface area contributed by atoms with Crippen LogP contribution in [0, 0.1) is 0 Å². The second-order valence-corrected chi connectivity index (χ2v) is 17.9. The van der Waals surface area contributed by atoms with Gasteiger partial charge in [-0.1, -0.05) is 132 Å². The van der Waals surface area contributed by atoms with Crippen molar-refractivity contribution in [2.24, 2.45) is 0 Å². The van der Waals surface area contributed by atoms with Gasteiger partial charge in [0.25, 0.3) is 0 Å². The molecule has 6 rings (SSSR count). The summed E-state index contributed by atoms with van der Waals surface area (Å²) in [6, 6.07) is 23.8. The van der Waals surface area contributed by atoms with E-state index >= 15 is 0 Å². The fourth-order valence-electron chi connectivity index (χ4n) is 6.97. The van der Waals surface area contributed by atoms with Gasteiger partial charge in [0, 0.05) is 11.8 Å². The molecule has 0 heterocycles. The van der Waals surface area contributed by atoms with Gasteiger partial charge in [-0.25, -0.2) is 0 Å². The molecule has 3 aliphatic carbocycles. The van der Waals surface area contributed by atoms with Crippen LogP contribution in [0.4, 0.5) is 0 Å². The lowest BCUT2D eigenvalue weighted by Gasteiger charge is -2.46. The van der Waals surface area contributed by atoms with Crippen molar-refractivity contribution in [3.8, 4) is 0 Å². The molecular formula is C32H40P2. The second kappa shape index (κ2) is 9.19. The molecule has 0 aromatic heterocycles. The summed E-state index contributed by atoms with van der Waals surface area (Å²) in [6.45, 7) is 19.7. The Bertz CT molecular complexity index is 1140. The second-order valence-electron chi connectivity index (χ2n) is 11.2. The molecule has 0 saturated carbocycles. The van der Waals surface area contributed by atoms with Crippen LogP contribution < -0.4 is 10.6 Å². The van der Waals surface area contributed by atoms with E-state index in [1.165, 1.54) is 11.1 Å². The third-order valence-electron chi connectivity index (χ3n) is 7.83. The molecule has 178 valence electrons. The first-order chi connectivity index (χ1) is 16.2. The van der Waals surface area contributed by atoms with E-state index in [2.05, 4.69) is 116 Å². The maximum atomic E-state index is 2.59. The largest absolute Gasteiger partial charge is 0.0694 e. The molecule has 2 bridgehead atoms. The Morgan fingerprint density at radius 2 is 0.882 bits per heavy atom. The highest BCUT2D eigenvalue weighted by Gasteiger charge is 2.44. The maximum Gasteiger partial charge on any atom is 0.0355 e. The normalized spacial score (nSPS) is 18.4. The number of hydrogen-bond donors (Lipinski definition) is 0. The number of hydrogen-bond acceptors (Lipinski definition) is 0. The first-order valence-electron chi connectivity index (χ1n) is 13.1. The zero-order valence-corrected chi connectivity index (χ0v) is 23.9. The van der Waals surface area contributed by atoms with Gasteiger partial charge >= 0.3 is 0 Å². The molecule has 0 radical (unpaired) electrons. The minimum absolute atomic E-state index is 0.219. The molecule has 0 atom stereocenters. The third-order valence-corrected chi connectivity index (χ3v) is 14.4. The van der Waals surface area contributed by atoms with Crippen LogP contribution in [0.25, 0.3) is 0 Å². The number of benzene rings is 3. The Morgan fingerprint density at radius 1 is 0.471 bits per heavy atom. The van der Waals surface area contributed by atoms with Crippen LogP contribution >= 0.6 is 15.8 Å². The first kappa shape index (κ1) is 24.2. The Balaban J connectivity index is 1.88. The van der Waals surface area contributed by atoms with Crippen molar-refractivity contribution in [3.05, 3.63) is 94.0 Å². The lowest BCUT2D eigenvalue weighted by atomic mass is 9.61. The van der Waals surface area contributed by atoms with Crippen LogP contribution in [0.15, 0.2) is 60.7 Å². The van der Waals surface area contributed by atoms with E-state index in [4.69, 9.17) is 0 Å². The summed E-state index contributed by atoms with van der Waals surface area (Å²) in [7, 11) is -0.485. The molecule has 0 amide bonds. The van der Waals surface area contributed by atoms with Gasteiger partial charge in [-0.05, 0) is 66.6 Å². The van der Waals surface area contributed by atoms with Crippen molar-refractivity contribution in [3.63, 3.8) is 0 Å². The summed E-state index contributed by atoms with van der Waals surface area (Å²) in [5.74, 6) is 0.752. The zero-order chi connectivity index (χ0) is 24.3. The van der Waals surface area contributed by atoms with Crippen molar-refractivity contribution >= 4 is 26.5 Å². The summed E-state index contributed by atoms with van der Waals surface area (Å²) in [6.07, 6.45) is 0. The van der Waals surface area contributed by atoms with Gasteiger partial charge in [-0.3, -0.25) is 0 Å². The van der Waals surface area contributed by atoms with Gasteiger partial charge in [-0.15, -0.1) is 0 Å². The Hall–Kier alpha value is -1.48. The molecule has 3 aliphatic rings. The van der Waals surface area contributed by atoms with Crippen LogP contribution in [0.2, 0.25) is 0 Å². The topological polar surface area (TPSA) is 0 Å². The first-order valence-corrected chi connectivity index (χ1v) is 16.1. The van der Waals surface area contributed by atoms with E-state index in [0.29, 0.717) is 34.5 Å². The van der Waals surface area contributed by atoms with Crippen LogP contribution in [-0.4, -0.2) is 22.6 Å². The fraction of sp³-hybridized carbons (Fsp3) is 0.438. The Kier molecular flexibility index (Phi) is 6.55. The molecule has 3 aromatic carbocycles. The molecule has 0 nitrogen and oxygen atoms in total. The quantitative estimate of drug-likeness (QED) is 0.211. The van der Waals surface area contributed by atoms with Gasteiger partial charge in [0.2, 0.25) is 0 Å². The molecular weight excluding hydrogens is 446 g/mol. The smallest absolute Gasteiger partial charge is 0.0355 e. The van der Waals surface area contributed by atoms with Crippen molar-refractivity contribution in [2.45, 2.75) is 89.9 Å². The summed E-state index contributed by atoms with van der Waals surface area (Å²) < 4.78 is 0. The number of rotatable bonds is 6. The molecule has 0 unspecified atom stereocenters. The zero-order valence-electron chi connectivity index (χ0n) is 22.1. The van der Waals surface area contributed by atoms with Gasteiger partial charge in [0.05, 0.1) is 0 Å². The van der Waals surface area contributed by atoms with E-state index in [1.54, 1.807) is 32.9 Å². The van der Waals surface area contributed by atoms with Crippen molar-refractivity contribution in [1.29, 1.82) is 0 Å². The summed E-state index contributed by atoms with van der Waals surface area (Å²) in [5.41, 5.74) is 12.2. The van der Waals surface area contributed by atoms with Crippen LogP contribution in [0.5, 0.6) is 0 Å². The van der Waals surface area contributed by atoms with E-state index in [-0.39, 0.29) is 15.8 Å². The average molecular weight is 487 g/mol. The van der Waals surface area contributed by atoms with E-state index in [9.17, 15) is 0 Å². The highest BCUT2D eigenvalue weighted by atomic mass is 31.1. The van der Waals surface area contributed by atoms with E-state index in [1.807, 2.05) is 0 Å². The third kappa shape index (κ3) is 3.64. The monoisotopic (exact) mass is 486 g/mol. The summed E-state index contributed by atoms with van der Waals surface area (Å²) in [4.78, 5) is 0. The molecule has 3 aromatic rings. The van der Waals surface area contributed by atoms with Gasteiger partial charge in [0.1, 0.15) is 0 Å². The van der Waals surface area contributed by atoms with Crippen LogP contribution in [0.1, 0.15) is 101 Å². The Labute approximate surface area is 210 Å². The summed E-state index contributed by atoms with van der Waals surface area (Å²) in [5, 5.41) is 3.50. The minimum atomic E-state index is -0.265. The molecule has 2 heteroatoms. The van der Waals surface area contributed by atoms with Crippen molar-refractivity contribution in [1.82, 2.24) is 0 Å². The highest BCUT2D eigenvalue weighted by molar-refractivity contribution is 7.73. The van der Waals surface area contributed by atoms with Crippen molar-refractivity contribution < 1.29 is 0 Å². The van der Waals surface area contributed by atoms with Gasteiger partial charge < -0.3 is 0 Å². The van der Waals surface area contributed by atoms with E-state index in [0.717, 1.165) is 0 Å². The molecule has 0 spiro atoms. The lowest BCUT2D eigenvalue weighted by Crippen LogP contribution is -2.40. The predicted molar refractivity (Wildman–Crippen MR) is 155 cm³/mol. The van der Waals surface area contributed by atoms with Gasteiger partial charge in [-0.2, -0.15) is 0 Å². The highest BCUT2D eigenvalue weighted by Crippen LogP contribution is 2.59. The molecule has 0 fully saturated rings. The Morgan fingerprint density at radius 3 is 1.29 bits per heavy atom. The van der Waals surface area contributed by atoms with Gasteiger partial charge in [0.15, 0.2) is 0 Å². The minimum Gasteiger partial charge on any atom is -0.0694 e. The SMILES string of the molecule is CC(C)P(c1ccc2c(c1P(C(C)C)C(C)C)C1c3ccccc3C2c2ccccc21)C(C)C. The van der Waals surface area contributed by atoms with Crippen LogP contribution in [-0.2, 0) is 0 Å². The lowest BCUT2D eigenvalue weighted by molar-refractivity contribution is 0.759. The summed E-state index contributed by atoms with van der Waals surface area (Å²) >= 11 is 0.